The van der Waals surface area contributed by atoms with Crippen molar-refractivity contribution in [3.63, 3.8) is 0 Å². The molecule has 0 atom stereocenters. The largest absolute Gasteiger partial charge is 0.305 e. The lowest BCUT2D eigenvalue weighted by atomic mass is 10.1. The van der Waals surface area contributed by atoms with Gasteiger partial charge in [0.2, 0.25) is 0 Å². The lowest BCUT2D eigenvalue weighted by Crippen LogP contribution is -2.31. The molecule has 0 aliphatic heterocycles. The SMILES string of the molecule is CC(C)(C)NN=Cc1c(F)cccc1Cl.Cl. The summed E-state index contributed by atoms with van der Waals surface area (Å²) in [6.45, 7) is 5.90. The summed E-state index contributed by atoms with van der Waals surface area (Å²) < 4.78 is 13.3. The molecular weight excluding hydrogens is 250 g/mol. The summed E-state index contributed by atoms with van der Waals surface area (Å²) in [5, 5.41) is 4.29. The van der Waals surface area contributed by atoms with E-state index in [1.165, 1.54) is 12.3 Å². The zero-order chi connectivity index (χ0) is 11.5. The van der Waals surface area contributed by atoms with Gasteiger partial charge in [0.1, 0.15) is 5.82 Å². The molecular formula is C11H15Cl2FN2. The summed E-state index contributed by atoms with van der Waals surface area (Å²) in [5.74, 6) is -0.373. The van der Waals surface area contributed by atoms with Gasteiger partial charge in [0.25, 0.3) is 0 Å². The Morgan fingerprint density at radius 2 is 2.00 bits per heavy atom. The molecule has 0 saturated heterocycles. The van der Waals surface area contributed by atoms with E-state index in [9.17, 15) is 4.39 Å². The Hall–Kier alpha value is -0.800. The van der Waals surface area contributed by atoms with E-state index in [-0.39, 0.29) is 23.8 Å². The molecule has 0 bridgehead atoms. The second-order valence-corrected chi connectivity index (χ2v) is 4.66. The van der Waals surface area contributed by atoms with Crippen molar-refractivity contribution < 1.29 is 4.39 Å². The van der Waals surface area contributed by atoms with Crippen molar-refractivity contribution in [3.05, 3.63) is 34.6 Å². The van der Waals surface area contributed by atoms with Crippen molar-refractivity contribution >= 4 is 30.2 Å². The minimum absolute atomic E-state index is 0. The molecule has 0 aliphatic carbocycles. The molecule has 5 heteroatoms. The highest BCUT2D eigenvalue weighted by atomic mass is 35.5. The van der Waals surface area contributed by atoms with Crippen LogP contribution in [0.4, 0.5) is 4.39 Å². The van der Waals surface area contributed by atoms with Crippen LogP contribution in [-0.2, 0) is 0 Å². The fourth-order valence-corrected chi connectivity index (χ4v) is 1.14. The van der Waals surface area contributed by atoms with Gasteiger partial charge in [-0.05, 0) is 32.9 Å². The quantitative estimate of drug-likeness (QED) is 0.641. The molecule has 1 N–H and O–H groups in total. The third kappa shape index (κ3) is 4.81. The van der Waals surface area contributed by atoms with Crippen LogP contribution in [0.3, 0.4) is 0 Å². The molecule has 0 saturated carbocycles. The van der Waals surface area contributed by atoms with E-state index < -0.39 is 0 Å². The van der Waals surface area contributed by atoms with Crippen molar-refractivity contribution in [2.75, 3.05) is 0 Å². The van der Waals surface area contributed by atoms with Crippen molar-refractivity contribution in [1.82, 2.24) is 5.43 Å². The van der Waals surface area contributed by atoms with Crippen LogP contribution >= 0.6 is 24.0 Å². The molecule has 0 heterocycles. The summed E-state index contributed by atoms with van der Waals surface area (Å²) in [5.41, 5.74) is 3.03. The van der Waals surface area contributed by atoms with Crippen LogP contribution < -0.4 is 5.43 Å². The van der Waals surface area contributed by atoms with E-state index in [4.69, 9.17) is 11.6 Å². The Kier molecular flexibility index (Phi) is 5.76. The van der Waals surface area contributed by atoms with E-state index in [1.807, 2.05) is 20.8 Å². The number of hydrazone groups is 1. The van der Waals surface area contributed by atoms with E-state index in [2.05, 4.69) is 10.5 Å². The number of nitrogens with one attached hydrogen (secondary N) is 1. The second-order valence-electron chi connectivity index (χ2n) is 4.26. The standard InChI is InChI=1S/C11H14ClFN2.ClH/c1-11(2,3)15-14-7-8-9(12)5-4-6-10(8)13;/h4-7,15H,1-3H3;1H. The summed E-state index contributed by atoms with van der Waals surface area (Å²) >= 11 is 5.82. The predicted molar refractivity (Wildman–Crippen MR) is 69.1 cm³/mol. The van der Waals surface area contributed by atoms with E-state index in [1.54, 1.807) is 12.1 Å². The van der Waals surface area contributed by atoms with Gasteiger partial charge in [-0.1, -0.05) is 17.7 Å². The van der Waals surface area contributed by atoms with E-state index in [0.29, 0.717) is 10.6 Å². The number of rotatable bonds is 2. The first-order valence-corrected chi connectivity index (χ1v) is 5.02. The highest BCUT2D eigenvalue weighted by molar-refractivity contribution is 6.33. The lowest BCUT2D eigenvalue weighted by molar-refractivity contribution is 0.442. The Morgan fingerprint density at radius 3 is 2.50 bits per heavy atom. The predicted octanol–water partition coefficient (Wildman–Crippen LogP) is 3.62. The van der Waals surface area contributed by atoms with E-state index in [0.717, 1.165) is 0 Å². The van der Waals surface area contributed by atoms with Crippen LogP contribution in [0.25, 0.3) is 0 Å². The minimum atomic E-state index is -0.373. The Morgan fingerprint density at radius 1 is 1.38 bits per heavy atom. The molecule has 2 nitrogen and oxygen atoms in total. The van der Waals surface area contributed by atoms with Gasteiger partial charge in [-0.2, -0.15) is 5.10 Å². The zero-order valence-electron chi connectivity index (χ0n) is 9.42. The maximum Gasteiger partial charge on any atom is 0.133 e. The fraction of sp³-hybridized carbons (Fsp3) is 0.364. The molecule has 1 aromatic carbocycles. The molecule has 90 valence electrons. The number of benzene rings is 1. The minimum Gasteiger partial charge on any atom is -0.305 e. The molecule has 0 amide bonds. The first-order chi connectivity index (χ1) is 6.90. The Balaban J connectivity index is 0.00000225. The van der Waals surface area contributed by atoms with Gasteiger partial charge in [-0.3, -0.25) is 0 Å². The molecule has 0 unspecified atom stereocenters. The van der Waals surface area contributed by atoms with Crippen LogP contribution in [-0.4, -0.2) is 11.8 Å². The highest BCUT2D eigenvalue weighted by Gasteiger charge is 2.07. The summed E-state index contributed by atoms with van der Waals surface area (Å²) in [6, 6.07) is 4.54. The molecule has 0 spiro atoms. The van der Waals surface area contributed by atoms with Crippen LogP contribution in [0.2, 0.25) is 5.02 Å². The molecule has 1 rings (SSSR count). The molecule has 16 heavy (non-hydrogen) atoms. The van der Waals surface area contributed by atoms with Crippen molar-refractivity contribution in [1.29, 1.82) is 0 Å². The maximum atomic E-state index is 13.3. The van der Waals surface area contributed by atoms with Crippen LogP contribution in [0.5, 0.6) is 0 Å². The third-order valence-electron chi connectivity index (χ3n) is 1.59. The van der Waals surface area contributed by atoms with Gasteiger partial charge < -0.3 is 5.43 Å². The number of hydrogen-bond acceptors (Lipinski definition) is 2. The normalized spacial score (nSPS) is 11.3. The van der Waals surface area contributed by atoms with Gasteiger partial charge in [0.15, 0.2) is 0 Å². The van der Waals surface area contributed by atoms with Crippen LogP contribution in [0.1, 0.15) is 26.3 Å². The average Bonchev–Trinajstić information content (AvgIpc) is 2.08. The van der Waals surface area contributed by atoms with Gasteiger partial charge >= 0.3 is 0 Å². The fourth-order valence-electron chi connectivity index (χ4n) is 0.925. The van der Waals surface area contributed by atoms with Crippen molar-refractivity contribution in [2.45, 2.75) is 26.3 Å². The summed E-state index contributed by atoms with van der Waals surface area (Å²) in [7, 11) is 0. The maximum absolute atomic E-state index is 13.3. The van der Waals surface area contributed by atoms with Gasteiger partial charge in [-0.15, -0.1) is 12.4 Å². The molecule has 0 aromatic heterocycles. The van der Waals surface area contributed by atoms with Gasteiger partial charge in [-0.25, -0.2) is 4.39 Å². The number of halogens is 3. The Labute approximate surface area is 106 Å². The van der Waals surface area contributed by atoms with Crippen molar-refractivity contribution in [2.24, 2.45) is 5.10 Å². The lowest BCUT2D eigenvalue weighted by Gasteiger charge is -2.17. The first kappa shape index (κ1) is 15.2. The molecule has 0 fully saturated rings. The monoisotopic (exact) mass is 264 g/mol. The van der Waals surface area contributed by atoms with Crippen molar-refractivity contribution in [3.8, 4) is 0 Å². The molecule has 0 aliphatic rings. The smallest absolute Gasteiger partial charge is 0.133 e. The number of hydrogen-bond donors (Lipinski definition) is 1. The number of nitrogens with zero attached hydrogens (tertiary/aromatic N) is 1. The van der Waals surface area contributed by atoms with E-state index >= 15 is 0 Å². The van der Waals surface area contributed by atoms with Gasteiger partial charge in [0, 0.05) is 11.1 Å². The second kappa shape index (κ2) is 6.06. The topological polar surface area (TPSA) is 24.4 Å². The zero-order valence-corrected chi connectivity index (χ0v) is 11.0. The molecule has 0 radical (unpaired) electrons. The first-order valence-electron chi connectivity index (χ1n) is 4.64. The summed E-state index contributed by atoms with van der Waals surface area (Å²) in [6.07, 6.45) is 1.39. The highest BCUT2D eigenvalue weighted by Crippen LogP contribution is 2.16. The Bertz CT molecular complexity index is 352. The third-order valence-corrected chi connectivity index (χ3v) is 1.92. The molecule has 1 aromatic rings. The van der Waals surface area contributed by atoms with Gasteiger partial charge in [0.05, 0.1) is 11.2 Å². The summed E-state index contributed by atoms with van der Waals surface area (Å²) in [4.78, 5) is 0. The van der Waals surface area contributed by atoms with Crippen LogP contribution in [0.15, 0.2) is 23.3 Å². The average molecular weight is 265 g/mol. The van der Waals surface area contributed by atoms with Crippen LogP contribution in [0, 0.1) is 5.82 Å².